The second-order valence-electron chi connectivity index (χ2n) is 6.73. The van der Waals surface area contributed by atoms with Crippen molar-refractivity contribution in [1.29, 1.82) is 0 Å². The van der Waals surface area contributed by atoms with Crippen molar-refractivity contribution in [3.05, 3.63) is 22.4 Å². The molecule has 3 atom stereocenters. The largest absolute Gasteiger partial charge is 0.317 e. The van der Waals surface area contributed by atoms with E-state index >= 15 is 0 Å². The van der Waals surface area contributed by atoms with E-state index in [1.165, 1.54) is 4.88 Å². The van der Waals surface area contributed by atoms with Gasteiger partial charge in [-0.3, -0.25) is 10.1 Å². The number of carbonyl (C=O) groups is 1. The van der Waals surface area contributed by atoms with Crippen LogP contribution < -0.4 is 5.32 Å². The summed E-state index contributed by atoms with van der Waals surface area (Å²) in [6.45, 7) is 11.0. The van der Waals surface area contributed by atoms with E-state index in [9.17, 15) is 4.79 Å². The maximum Gasteiger partial charge on any atom is 0.241 e. The van der Waals surface area contributed by atoms with Crippen LogP contribution in [0.1, 0.15) is 58.5 Å². The molecular formula is C17H28N2OS. The standard InChI is InChI=1S/C17H28N2OS/c1-6-14(12(4)5)19-16(15-8-7-9-21-15)18-13(17(19)20)10-11(2)3/h7-9,11-14,16,18H,6,10H2,1-5H3. The van der Waals surface area contributed by atoms with E-state index in [-0.39, 0.29) is 18.1 Å². The Bertz CT molecular complexity index is 455. The Morgan fingerprint density at radius 1 is 1.33 bits per heavy atom. The lowest BCUT2D eigenvalue weighted by atomic mass is 9.98. The molecule has 0 aromatic carbocycles. The van der Waals surface area contributed by atoms with Gasteiger partial charge in [0.15, 0.2) is 0 Å². The van der Waals surface area contributed by atoms with Crippen molar-refractivity contribution in [2.24, 2.45) is 11.8 Å². The number of rotatable bonds is 6. The Labute approximate surface area is 132 Å². The van der Waals surface area contributed by atoms with E-state index in [1.54, 1.807) is 11.3 Å². The normalized spacial score (nSPS) is 24.3. The van der Waals surface area contributed by atoms with Crippen LogP contribution in [-0.4, -0.2) is 22.9 Å². The SMILES string of the molecule is CCC(C(C)C)N1C(=O)C(CC(C)C)NC1c1cccs1. The first-order valence-electron chi connectivity index (χ1n) is 8.07. The van der Waals surface area contributed by atoms with Gasteiger partial charge < -0.3 is 4.90 Å². The van der Waals surface area contributed by atoms with Gasteiger partial charge in [0.05, 0.1) is 6.04 Å². The lowest BCUT2D eigenvalue weighted by Crippen LogP contribution is -2.42. The van der Waals surface area contributed by atoms with Gasteiger partial charge in [0, 0.05) is 10.9 Å². The van der Waals surface area contributed by atoms with Gasteiger partial charge in [-0.2, -0.15) is 0 Å². The fourth-order valence-corrected chi connectivity index (χ4v) is 4.08. The molecule has 118 valence electrons. The molecule has 0 bridgehead atoms. The Hall–Kier alpha value is -0.870. The molecule has 21 heavy (non-hydrogen) atoms. The third-order valence-electron chi connectivity index (χ3n) is 4.25. The molecule has 2 heterocycles. The van der Waals surface area contributed by atoms with Crippen LogP contribution in [0.2, 0.25) is 0 Å². The summed E-state index contributed by atoms with van der Waals surface area (Å²) in [5.41, 5.74) is 0. The number of nitrogens with zero attached hydrogens (tertiary/aromatic N) is 1. The molecule has 0 radical (unpaired) electrons. The van der Waals surface area contributed by atoms with Gasteiger partial charge in [0.2, 0.25) is 5.91 Å². The summed E-state index contributed by atoms with van der Waals surface area (Å²) >= 11 is 1.73. The first-order chi connectivity index (χ1) is 9.95. The third-order valence-corrected chi connectivity index (χ3v) is 5.18. The Kier molecular flexibility index (Phi) is 5.44. The van der Waals surface area contributed by atoms with Gasteiger partial charge in [-0.1, -0.05) is 40.7 Å². The van der Waals surface area contributed by atoms with E-state index in [0.29, 0.717) is 17.9 Å². The molecule has 1 aliphatic heterocycles. The molecule has 1 fully saturated rings. The zero-order chi connectivity index (χ0) is 15.6. The quantitative estimate of drug-likeness (QED) is 0.860. The summed E-state index contributed by atoms with van der Waals surface area (Å²) in [7, 11) is 0. The summed E-state index contributed by atoms with van der Waals surface area (Å²) in [6, 6.07) is 4.46. The summed E-state index contributed by atoms with van der Waals surface area (Å²) in [5, 5.41) is 5.67. The number of amides is 1. The van der Waals surface area contributed by atoms with E-state index < -0.39 is 0 Å². The van der Waals surface area contributed by atoms with Crippen molar-refractivity contribution < 1.29 is 4.79 Å². The fourth-order valence-electron chi connectivity index (χ4n) is 3.30. The van der Waals surface area contributed by atoms with Crippen molar-refractivity contribution in [3.63, 3.8) is 0 Å². The van der Waals surface area contributed by atoms with Crippen LogP contribution >= 0.6 is 11.3 Å². The molecule has 1 saturated heterocycles. The third kappa shape index (κ3) is 3.49. The van der Waals surface area contributed by atoms with E-state index in [2.05, 4.69) is 62.3 Å². The van der Waals surface area contributed by atoms with Gasteiger partial charge in [-0.05, 0) is 36.1 Å². The molecule has 1 aliphatic rings. The van der Waals surface area contributed by atoms with E-state index in [4.69, 9.17) is 0 Å². The van der Waals surface area contributed by atoms with Gasteiger partial charge in [-0.15, -0.1) is 11.3 Å². The highest BCUT2D eigenvalue weighted by atomic mass is 32.1. The van der Waals surface area contributed by atoms with Crippen LogP contribution in [-0.2, 0) is 4.79 Å². The number of hydrogen-bond acceptors (Lipinski definition) is 3. The Morgan fingerprint density at radius 3 is 2.52 bits per heavy atom. The zero-order valence-electron chi connectivity index (χ0n) is 13.8. The lowest BCUT2D eigenvalue weighted by molar-refractivity contribution is -0.133. The second-order valence-corrected chi connectivity index (χ2v) is 7.71. The first kappa shape index (κ1) is 16.5. The molecule has 3 nitrogen and oxygen atoms in total. The van der Waals surface area contributed by atoms with Crippen molar-refractivity contribution in [3.8, 4) is 0 Å². The minimum Gasteiger partial charge on any atom is -0.317 e. The van der Waals surface area contributed by atoms with Crippen LogP contribution in [0.25, 0.3) is 0 Å². The number of nitrogens with one attached hydrogen (secondary N) is 1. The minimum atomic E-state index is -0.0371. The lowest BCUT2D eigenvalue weighted by Gasteiger charge is -2.34. The van der Waals surface area contributed by atoms with E-state index in [1.807, 2.05) is 0 Å². The smallest absolute Gasteiger partial charge is 0.241 e. The average Bonchev–Trinajstić information content (AvgIpc) is 3.01. The number of carbonyl (C=O) groups excluding carboxylic acids is 1. The summed E-state index contributed by atoms with van der Waals surface area (Å²) < 4.78 is 0. The highest BCUT2D eigenvalue weighted by molar-refractivity contribution is 7.10. The minimum absolute atomic E-state index is 0.0371. The summed E-state index contributed by atoms with van der Waals surface area (Å²) in [5.74, 6) is 1.28. The van der Waals surface area contributed by atoms with Crippen LogP contribution in [0.5, 0.6) is 0 Å². The maximum absolute atomic E-state index is 12.9. The number of thiophene rings is 1. The molecule has 0 aliphatic carbocycles. The molecule has 1 N–H and O–H groups in total. The van der Waals surface area contributed by atoms with Crippen LogP contribution in [0, 0.1) is 11.8 Å². The topological polar surface area (TPSA) is 32.3 Å². The maximum atomic E-state index is 12.9. The zero-order valence-corrected chi connectivity index (χ0v) is 14.6. The Balaban J connectivity index is 2.29. The van der Waals surface area contributed by atoms with Gasteiger partial charge in [-0.25, -0.2) is 0 Å². The number of hydrogen-bond donors (Lipinski definition) is 1. The average molecular weight is 308 g/mol. The highest BCUT2D eigenvalue weighted by Crippen LogP contribution is 2.34. The summed E-state index contributed by atoms with van der Waals surface area (Å²) in [4.78, 5) is 16.3. The van der Waals surface area contributed by atoms with Crippen molar-refractivity contribution in [2.75, 3.05) is 0 Å². The molecule has 1 aromatic rings. The van der Waals surface area contributed by atoms with Crippen LogP contribution in [0.3, 0.4) is 0 Å². The molecule has 2 rings (SSSR count). The van der Waals surface area contributed by atoms with Crippen molar-refractivity contribution in [1.82, 2.24) is 10.2 Å². The molecule has 1 aromatic heterocycles. The predicted octanol–water partition coefficient (Wildman–Crippen LogP) is 4.03. The fraction of sp³-hybridized carbons (Fsp3) is 0.706. The van der Waals surface area contributed by atoms with E-state index in [0.717, 1.165) is 12.8 Å². The molecule has 4 heteroatoms. The monoisotopic (exact) mass is 308 g/mol. The molecule has 3 unspecified atom stereocenters. The van der Waals surface area contributed by atoms with Gasteiger partial charge in [0.1, 0.15) is 6.17 Å². The molecule has 1 amide bonds. The van der Waals surface area contributed by atoms with Crippen LogP contribution in [0.15, 0.2) is 17.5 Å². The highest BCUT2D eigenvalue weighted by Gasteiger charge is 2.43. The van der Waals surface area contributed by atoms with Gasteiger partial charge >= 0.3 is 0 Å². The molecular weight excluding hydrogens is 280 g/mol. The molecule has 0 saturated carbocycles. The van der Waals surface area contributed by atoms with Crippen molar-refractivity contribution in [2.45, 2.75) is 65.7 Å². The van der Waals surface area contributed by atoms with Crippen molar-refractivity contribution >= 4 is 17.2 Å². The summed E-state index contributed by atoms with van der Waals surface area (Å²) in [6.07, 6.45) is 1.96. The first-order valence-corrected chi connectivity index (χ1v) is 8.95. The predicted molar refractivity (Wildman–Crippen MR) is 89.2 cm³/mol. The molecule has 0 spiro atoms. The van der Waals surface area contributed by atoms with Gasteiger partial charge in [0.25, 0.3) is 0 Å². The Morgan fingerprint density at radius 2 is 2.05 bits per heavy atom. The van der Waals surface area contributed by atoms with Crippen LogP contribution in [0.4, 0.5) is 0 Å². The second kappa shape index (κ2) is 6.93.